The van der Waals surface area contributed by atoms with Gasteiger partial charge in [-0.3, -0.25) is 10.1 Å². The van der Waals surface area contributed by atoms with Crippen molar-refractivity contribution in [2.45, 2.75) is 85.8 Å². The summed E-state index contributed by atoms with van der Waals surface area (Å²) in [5, 5.41) is 13.6. The topological polar surface area (TPSA) is 98.8 Å². The number of amides is 1. The van der Waals surface area contributed by atoms with Gasteiger partial charge in [-0.15, -0.1) is 0 Å². The van der Waals surface area contributed by atoms with Crippen LogP contribution in [0.2, 0.25) is 13.3 Å². The third kappa shape index (κ3) is 7.44. The van der Waals surface area contributed by atoms with Crippen molar-refractivity contribution in [3.63, 3.8) is 0 Å². The van der Waals surface area contributed by atoms with Gasteiger partial charge in [0.2, 0.25) is 0 Å². The van der Waals surface area contributed by atoms with E-state index in [9.17, 15) is 14.9 Å². The molecule has 196 valence electrons. The first-order valence-electron chi connectivity index (χ1n) is 13.0. The summed E-state index contributed by atoms with van der Waals surface area (Å²) >= 11 is -0.617. The van der Waals surface area contributed by atoms with Crippen LogP contribution in [-0.4, -0.2) is 38.8 Å². The fourth-order valence-corrected chi connectivity index (χ4v) is 24.6. The third-order valence-corrected chi connectivity index (χ3v) is 26.1. The molecule has 0 aliphatic heterocycles. The number of fused-ring (bicyclic) bond motifs is 1. The Morgan fingerprint density at radius 3 is 2.25 bits per heavy atom. The number of aromatic nitrogens is 2. The van der Waals surface area contributed by atoms with E-state index < -0.39 is 29.4 Å². The molecule has 36 heavy (non-hydrogen) atoms. The first kappa shape index (κ1) is 28.4. The summed E-state index contributed by atoms with van der Waals surface area (Å²) in [5.74, 6) is 0. The van der Waals surface area contributed by atoms with Crippen molar-refractivity contribution >= 4 is 49.2 Å². The molecule has 0 aliphatic rings. The van der Waals surface area contributed by atoms with Crippen LogP contribution < -0.4 is 8.21 Å². The van der Waals surface area contributed by atoms with Gasteiger partial charge in [-0.2, -0.15) is 0 Å². The summed E-state index contributed by atoms with van der Waals surface area (Å²) in [4.78, 5) is 28.3. The number of alkyl carbamates (subject to hydrolysis) is 1. The van der Waals surface area contributed by atoms with Gasteiger partial charge in [-0.05, 0) is 0 Å². The minimum absolute atomic E-state index is 0.00930. The van der Waals surface area contributed by atoms with Crippen LogP contribution in [0.25, 0.3) is 4.83 Å². The Labute approximate surface area is 221 Å². The molecule has 0 bridgehead atoms. The van der Waals surface area contributed by atoms with Gasteiger partial charge in [0.15, 0.2) is 0 Å². The van der Waals surface area contributed by atoms with E-state index in [1.807, 2.05) is 17.7 Å². The standard InChI is InChI=1S/C14H11N4O4S.3C4H9.Sn/c19-14(15-7-12-13-17(9-16-12)5-6-23-13)22-8-10-1-3-11(4-2-10)18(20)21;3*1-3-4-2;/h1-5,9H,7-8H2,(H,15,19);3*1,3-4H2,2H3;. The number of nitro groups is 1. The molecule has 3 rings (SSSR count). The molecular formula is C26H38N4O4SSn. The number of hydrogen-bond donors (Lipinski definition) is 1. The van der Waals surface area contributed by atoms with Crippen LogP contribution in [0.15, 0.2) is 36.8 Å². The molecule has 8 nitrogen and oxygen atoms in total. The molecule has 10 heteroatoms. The zero-order valence-electron chi connectivity index (χ0n) is 21.6. The van der Waals surface area contributed by atoms with E-state index in [-0.39, 0.29) is 12.3 Å². The van der Waals surface area contributed by atoms with Gasteiger partial charge in [-0.1, -0.05) is 0 Å². The number of hydrogen-bond acceptors (Lipinski definition) is 6. The quantitative estimate of drug-likeness (QED) is 0.115. The molecular weight excluding hydrogens is 583 g/mol. The van der Waals surface area contributed by atoms with Crippen molar-refractivity contribution in [1.29, 1.82) is 0 Å². The summed E-state index contributed by atoms with van der Waals surface area (Å²) in [6, 6.07) is 5.98. The van der Waals surface area contributed by atoms with E-state index in [2.05, 4.69) is 41.7 Å². The predicted octanol–water partition coefficient (Wildman–Crippen LogP) is 6.79. The molecule has 1 amide bonds. The zero-order valence-corrected chi connectivity index (χ0v) is 25.3. The summed E-state index contributed by atoms with van der Waals surface area (Å²) in [5.41, 5.74) is 1.56. The van der Waals surface area contributed by atoms with Crippen LogP contribution >= 0.6 is 11.3 Å². The molecule has 0 atom stereocenters. The van der Waals surface area contributed by atoms with Crippen molar-refractivity contribution < 1.29 is 14.5 Å². The van der Waals surface area contributed by atoms with E-state index in [1.54, 1.807) is 15.0 Å². The van der Waals surface area contributed by atoms with Crippen molar-refractivity contribution in [3.8, 4) is 0 Å². The number of thiazole rings is 1. The Bertz CT molecular complexity index is 1110. The summed E-state index contributed by atoms with van der Waals surface area (Å²) in [7, 11) is 0. The van der Waals surface area contributed by atoms with Crippen molar-refractivity contribution in [2.75, 3.05) is 0 Å². The molecule has 2 heterocycles. The molecule has 0 radical (unpaired) electrons. The number of imidazole rings is 1. The number of ether oxygens (including phenoxy) is 1. The van der Waals surface area contributed by atoms with E-state index in [4.69, 9.17) is 4.74 Å². The van der Waals surface area contributed by atoms with Gasteiger partial charge < -0.3 is 0 Å². The van der Waals surface area contributed by atoms with Gasteiger partial charge in [-0.25, -0.2) is 0 Å². The Balaban J connectivity index is 1.67. The molecule has 2 aromatic heterocycles. The van der Waals surface area contributed by atoms with Crippen molar-refractivity contribution in [1.82, 2.24) is 14.7 Å². The van der Waals surface area contributed by atoms with Crippen LogP contribution in [0.4, 0.5) is 10.5 Å². The Morgan fingerprint density at radius 1 is 1.08 bits per heavy atom. The van der Waals surface area contributed by atoms with Crippen molar-refractivity contribution in [2.24, 2.45) is 0 Å². The van der Waals surface area contributed by atoms with Crippen LogP contribution in [0, 0.1) is 10.1 Å². The maximum absolute atomic E-state index is 12.3. The molecule has 0 saturated carbocycles. The number of nitrogens with one attached hydrogen (secondary N) is 1. The number of carbonyl (C=O) groups is 1. The SMILES string of the molecule is CCC[CH2][Sn]([CH2]CCC)([CH2]CCC)[c]1cn2cnc(CNC(=O)OCc3ccc([N+](=O)[O-])cc3)c2s1. The number of non-ortho nitro benzene ring substituents is 1. The molecule has 0 fully saturated rings. The molecule has 1 N–H and O–H groups in total. The average molecular weight is 621 g/mol. The van der Waals surface area contributed by atoms with Crippen LogP contribution in [0.1, 0.15) is 70.6 Å². The van der Waals surface area contributed by atoms with Crippen LogP contribution in [-0.2, 0) is 17.9 Å². The molecule has 0 saturated heterocycles. The number of nitro benzene ring substituents is 1. The number of carbonyl (C=O) groups excluding carboxylic acids is 1. The molecule has 3 aromatic rings. The first-order valence-corrected chi connectivity index (χ1v) is 21.3. The zero-order chi connectivity index (χ0) is 26.0. The molecule has 0 unspecified atom stereocenters. The minimum atomic E-state index is -2.52. The monoisotopic (exact) mass is 622 g/mol. The fourth-order valence-electron chi connectivity index (χ4n) is 4.58. The second kappa shape index (κ2) is 14.0. The number of nitrogens with zero attached hydrogens (tertiary/aromatic N) is 3. The third-order valence-electron chi connectivity index (χ3n) is 6.75. The van der Waals surface area contributed by atoms with Gasteiger partial charge in [0.25, 0.3) is 5.69 Å². The molecule has 0 aliphatic carbocycles. The Kier molecular flexibility index (Phi) is 11.0. The second-order valence-corrected chi connectivity index (χ2v) is 24.6. The van der Waals surface area contributed by atoms with E-state index in [0.717, 1.165) is 10.5 Å². The number of rotatable bonds is 15. The van der Waals surface area contributed by atoms with Crippen LogP contribution in [0.5, 0.6) is 0 Å². The van der Waals surface area contributed by atoms with E-state index in [1.165, 1.54) is 64.0 Å². The Hall–Kier alpha value is -2.14. The van der Waals surface area contributed by atoms with Crippen molar-refractivity contribution in [3.05, 3.63) is 58.2 Å². The van der Waals surface area contributed by atoms with Gasteiger partial charge in [0.05, 0.1) is 4.92 Å². The summed E-state index contributed by atoms with van der Waals surface area (Å²) < 4.78 is 13.3. The van der Waals surface area contributed by atoms with Gasteiger partial charge >= 0.3 is 202 Å². The summed E-state index contributed by atoms with van der Waals surface area (Å²) in [6.07, 6.45) is 11.4. The summed E-state index contributed by atoms with van der Waals surface area (Å²) in [6.45, 7) is 7.24. The molecule has 1 aromatic carbocycles. The predicted molar refractivity (Wildman–Crippen MR) is 148 cm³/mol. The second-order valence-electron chi connectivity index (χ2n) is 9.44. The fraction of sp³-hybridized carbons (Fsp3) is 0.538. The van der Waals surface area contributed by atoms with E-state index >= 15 is 0 Å². The number of unbranched alkanes of at least 4 members (excludes halogenated alkanes) is 3. The van der Waals surface area contributed by atoms with Gasteiger partial charge in [0.1, 0.15) is 0 Å². The average Bonchev–Trinajstić information content (AvgIpc) is 3.48. The number of benzene rings is 1. The normalized spacial score (nSPS) is 11.6. The molecule has 0 spiro atoms. The first-order chi connectivity index (χ1) is 17.4. The van der Waals surface area contributed by atoms with Crippen LogP contribution in [0.3, 0.4) is 0 Å². The maximum atomic E-state index is 12.3. The Morgan fingerprint density at radius 2 is 1.69 bits per heavy atom. The van der Waals surface area contributed by atoms with E-state index in [0.29, 0.717) is 12.1 Å². The van der Waals surface area contributed by atoms with Gasteiger partial charge in [0, 0.05) is 0 Å².